The summed E-state index contributed by atoms with van der Waals surface area (Å²) < 4.78 is 4.59. The van der Waals surface area contributed by atoms with Crippen LogP contribution in [0.4, 0.5) is 5.69 Å². The van der Waals surface area contributed by atoms with Gasteiger partial charge in [0.15, 0.2) is 0 Å². The van der Waals surface area contributed by atoms with Crippen LogP contribution in [0, 0.1) is 5.92 Å². The van der Waals surface area contributed by atoms with Gasteiger partial charge in [0.1, 0.15) is 0 Å². The topological polar surface area (TPSA) is 95.5 Å². The van der Waals surface area contributed by atoms with Crippen molar-refractivity contribution >= 4 is 23.5 Å². The van der Waals surface area contributed by atoms with Crippen molar-refractivity contribution in [2.45, 2.75) is 39.0 Å². The second kappa shape index (κ2) is 9.61. The average molecular weight is 320 g/mol. The fourth-order valence-electron chi connectivity index (χ4n) is 2.17. The van der Waals surface area contributed by atoms with Crippen LogP contribution in [0.5, 0.6) is 0 Å². The molecule has 1 N–H and O–H groups in total. The molecule has 0 aliphatic rings. The van der Waals surface area contributed by atoms with Gasteiger partial charge in [-0.25, -0.2) is 4.79 Å². The smallest absolute Gasteiger partial charge is 0.337 e. The molecule has 0 fully saturated rings. The van der Waals surface area contributed by atoms with Crippen LogP contribution in [0.2, 0.25) is 0 Å². The summed E-state index contributed by atoms with van der Waals surface area (Å²) in [5.41, 5.74) is 0.934. The summed E-state index contributed by atoms with van der Waals surface area (Å²) in [5.74, 6) is -2.41. The van der Waals surface area contributed by atoms with Gasteiger partial charge in [-0.15, -0.1) is 0 Å². The first-order valence-electron chi connectivity index (χ1n) is 7.67. The van der Waals surface area contributed by atoms with E-state index in [1.807, 2.05) is 6.92 Å². The predicted molar refractivity (Wildman–Crippen MR) is 83.7 cm³/mol. The summed E-state index contributed by atoms with van der Waals surface area (Å²) in [4.78, 5) is 34.2. The molecule has 6 nitrogen and oxygen atoms in total. The first kappa shape index (κ1) is 18.7. The number of esters is 1. The number of rotatable bonds is 9. The Hall–Kier alpha value is -2.37. The molecule has 0 saturated heterocycles. The molecule has 0 aromatic heterocycles. The number of carbonyl (C=O) groups excluding carboxylic acids is 3. The molecule has 1 aromatic rings. The van der Waals surface area contributed by atoms with Crippen molar-refractivity contribution in [2.24, 2.45) is 5.92 Å². The molecule has 0 aliphatic heterocycles. The van der Waals surface area contributed by atoms with Crippen LogP contribution in [0.25, 0.3) is 0 Å². The molecule has 0 bridgehead atoms. The zero-order valence-electron chi connectivity index (χ0n) is 13.5. The van der Waals surface area contributed by atoms with E-state index in [2.05, 4.69) is 10.1 Å². The molecule has 0 saturated carbocycles. The first-order chi connectivity index (χ1) is 11.0. The van der Waals surface area contributed by atoms with E-state index < -0.39 is 17.9 Å². The van der Waals surface area contributed by atoms with Crippen molar-refractivity contribution < 1.29 is 24.2 Å². The number of nitrogens with one attached hydrogen (secondary N) is 1. The number of aliphatic carboxylic acids is 1. The van der Waals surface area contributed by atoms with Crippen LogP contribution in [0.15, 0.2) is 24.3 Å². The van der Waals surface area contributed by atoms with Crippen LogP contribution in [0.3, 0.4) is 0 Å². The number of amides is 1. The van der Waals surface area contributed by atoms with E-state index in [0.29, 0.717) is 17.7 Å². The Morgan fingerprint density at radius 3 is 2.35 bits per heavy atom. The molecular weight excluding hydrogens is 298 g/mol. The number of hydrogen-bond donors (Lipinski definition) is 1. The number of carboxylic acid groups (broad SMARTS) is 1. The number of carbonyl (C=O) groups is 3. The van der Waals surface area contributed by atoms with Crippen molar-refractivity contribution in [2.75, 3.05) is 12.4 Å². The number of anilines is 1. The third-order valence-electron chi connectivity index (χ3n) is 3.55. The Balaban J connectivity index is 2.49. The summed E-state index contributed by atoms with van der Waals surface area (Å²) in [7, 11) is 1.30. The largest absolute Gasteiger partial charge is 0.550 e. The van der Waals surface area contributed by atoms with Gasteiger partial charge in [0.25, 0.3) is 0 Å². The van der Waals surface area contributed by atoms with Gasteiger partial charge in [-0.2, -0.15) is 0 Å². The average Bonchev–Trinajstić information content (AvgIpc) is 2.54. The highest BCUT2D eigenvalue weighted by molar-refractivity contribution is 5.93. The van der Waals surface area contributed by atoms with Crippen molar-refractivity contribution in [3.63, 3.8) is 0 Å². The molecule has 1 rings (SSSR count). The summed E-state index contributed by atoms with van der Waals surface area (Å²) >= 11 is 0. The van der Waals surface area contributed by atoms with Crippen LogP contribution < -0.4 is 10.4 Å². The summed E-state index contributed by atoms with van der Waals surface area (Å²) in [6, 6.07) is 6.29. The lowest BCUT2D eigenvalue weighted by Gasteiger charge is -2.17. The molecule has 6 heteroatoms. The Bertz CT molecular complexity index is 538. The quantitative estimate of drug-likeness (QED) is 0.699. The van der Waals surface area contributed by atoms with Gasteiger partial charge in [-0.05, 0) is 43.0 Å². The van der Waals surface area contributed by atoms with E-state index in [1.165, 1.54) is 7.11 Å². The van der Waals surface area contributed by atoms with Crippen molar-refractivity contribution in [1.29, 1.82) is 0 Å². The number of hydrogen-bond acceptors (Lipinski definition) is 5. The zero-order valence-corrected chi connectivity index (χ0v) is 13.5. The summed E-state index contributed by atoms with van der Waals surface area (Å²) in [6.07, 6.45) is 2.60. The number of unbranched alkanes of at least 4 members (excludes halogenated alkanes) is 1. The van der Waals surface area contributed by atoms with Gasteiger partial charge < -0.3 is 20.0 Å². The molecule has 0 aliphatic carbocycles. The molecule has 0 heterocycles. The maximum atomic E-state index is 11.9. The second-order valence-electron chi connectivity index (χ2n) is 5.31. The molecule has 1 amide bonds. The van der Waals surface area contributed by atoms with E-state index in [-0.39, 0.29) is 18.7 Å². The van der Waals surface area contributed by atoms with Gasteiger partial charge in [-0.3, -0.25) is 4.79 Å². The minimum atomic E-state index is -1.10. The number of benzene rings is 1. The Labute approximate surface area is 135 Å². The van der Waals surface area contributed by atoms with Crippen LogP contribution in [0.1, 0.15) is 49.4 Å². The lowest BCUT2D eigenvalue weighted by molar-refractivity contribution is -0.312. The molecule has 126 valence electrons. The molecular formula is C17H22NO5-. The van der Waals surface area contributed by atoms with Crippen molar-refractivity contribution in [3.05, 3.63) is 29.8 Å². The Morgan fingerprint density at radius 1 is 1.17 bits per heavy atom. The molecule has 0 spiro atoms. The van der Waals surface area contributed by atoms with E-state index in [4.69, 9.17) is 0 Å². The maximum Gasteiger partial charge on any atom is 0.337 e. The second-order valence-corrected chi connectivity index (χ2v) is 5.31. The minimum absolute atomic E-state index is 0.112. The fourth-order valence-corrected chi connectivity index (χ4v) is 2.17. The molecule has 0 radical (unpaired) electrons. The van der Waals surface area contributed by atoms with Gasteiger partial charge in [-0.1, -0.05) is 19.8 Å². The molecule has 1 atom stereocenters. The van der Waals surface area contributed by atoms with E-state index in [0.717, 1.165) is 12.8 Å². The van der Waals surface area contributed by atoms with E-state index in [1.54, 1.807) is 24.3 Å². The lowest BCUT2D eigenvalue weighted by atomic mass is 9.97. The van der Waals surface area contributed by atoms with Gasteiger partial charge >= 0.3 is 5.97 Å². The normalized spacial score (nSPS) is 11.6. The van der Waals surface area contributed by atoms with Crippen LogP contribution >= 0.6 is 0 Å². The van der Waals surface area contributed by atoms with Crippen molar-refractivity contribution in [1.82, 2.24) is 0 Å². The summed E-state index contributed by atoms with van der Waals surface area (Å²) in [5, 5.41) is 13.7. The number of ether oxygens (including phenoxy) is 1. The maximum absolute atomic E-state index is 11.9. The van der Waals surface area contributed by atoms with Crippen LogP contribution in [-0.2, 0) is 14.3 Å². The highest BCUT2D eigenvalue weighted by Gasteiger charge is 2.12. The number of methoxy groups -OCH3 is 1. The highest BCUT2D eigenvalue weighted by Crippen LogP contribution is 2.16. The standard InChI is InChI=1S/C17H23NO5/c1-3-4-5-12(16(20)21)8-11-15(19)18-14-9-6-13(7-10-14)17(22)23-2/h6-7,9-10,12H,3-5,8,11H2,1-2H3,(H,18,19)(H,20,21)/p-1/t12-/m1/s1. The Morgan fingerprint density at radius 2 is 1.83 bits per heavy atom. The zero-order chi connectivity index (χ0) is 17.2. The summed E-state index contributed by atoms with van der Waals surface area (Å²) in [6.45, 7) is 1.98. The third-order valence-corrected chi connectivity index (χ3v) is 3.55. The lowest BCUT2D eigenvalue weighted by Crippen LogP contribution is -2.32. The van der Waals surface area contributed by atoms with Crippen molar-refractivity contribution in [3.8, 4) is 0 Å². The van der Waals surface area contributed by atoms with Gasteiger partial charge in [0, 0.05) is 18.1 Å². The number of carboxylic acids is 1. The van der Waals surface area contributed by atoms with E-state index in [9.17, 15) is 19.5 Å². The SMILES string of the molecule is CCCC[C@H](CCC(=O)Nc1ccc(C(=O)OC)cc1)C(=O)[O-]. The third kappa shape index (κ3) is 6.50. The monoisotopic (exact) mass is 320 g/mol. The van der Waals surface area contributed by atoms with Crippen LogP contribution in [-0.4, -0.2) is 25.0 Å². The fraction of sp³-hybridized carbons (Fsp3) is 0.471. The predicted octanol–water partition coefficient (Wildman–Crippen LogP) is 1.75. The van der Waals surface area contributed by atoms with E-state index >= 15 is 0 Å². The minimum Gasteiger partial charge on any atom is -0.550 e. The van der Waals surface area contributed by atoms with Gasteiger partial charge in [0.05, 0.1) is 12.7 Å². The highest BCUT2D eigenvalue weighted by atomic mass is 16.5. The molecule has 1 aromatic carbocycles. The molecule has 23 heavy (non-hydrogen) atoms. The first-order valence-corrected chi connectivity index (χ1v) is 7.67. The Kier molecular flexibility index (Phi) is 7.80. The van der Waals surface area contributed by atoms with Gasteiger partial charge in [0.2, 0.25) is 5.91 Å². The molecule has 0 unspecified atom stereocenters.